The molecule has 2 unspecified atom stereocenters. The summed E-state index contributed by atoms with van der Waals surface area (Å²) < 4.78 is 10.7. The van der Waals surface area contributed by atoms with Gasteiger partial charge in [0, 0.05) is 12.6 Å². The van der Waals surface area contributed by atoms with Gasteiger partial charge in [0.15, 0.2) is 0 Å². The van der Waals surface area contributed by atoms with Crippen molar-refractivity contribution in [2.75, 3.05) is 13.2 Å². The minimum Gasteiger partial charge on any atom is -0.465 e. The lowest BCUT2D eigenvalue weighted by molar-refractivity contribution is -0.148. The first-order valence-corrected chi connectivity index (χ1v) is 9.25. The van der Waals surface area contributed by atoms with Crippen molar-refractivity contribution in [1.82, 2.24) is 4.90 Å². The van der Waals surface area contributed by atoms with Crippen molar-refractivity contribution in [3.63, 3.8) is 0 Å². The highest BCUT2D eigenvalue weighted by atomic mass is 16.6. The number of carbonyl (C=O) groups excluding carboxylic acids is 2. The normalized spacial score (nSPS) is 18.0. The molecule has 1 aliphatic heterocycles. The van der Waals surface area contributed by atoms with Gasteiger partial charge in [-0.15, -0.1) is 0 Å². The molecule has 0 bridgehead atoms. The number of rotatable bonds is 8. The standard InChI is InChI=1S/C20H29NO4/c1-3-4-13-24-19(22)16(2)14-18-11-8-12-21(18)20(23)25-15-17-9-6-5-7-10-17/h5-7,9-10,16,18H,3-4,8,11-15H2,1-2H3. The first-order valence-electron chi connectivity index (χ1n) is 9.25. The molecule has 0 saturated carbocycles. The van der Waals surface area contributed by atoms with Gasteiger partial charge >= 0.3 is 12.1 Å². The third-order valence-corrected chi connectivity index (χ3v) is 4.59. The number of benzene rings is 1. The van der Waals surface area contributed by atoms with E-state index in [0.29, 0.717) is 19.6 Å². The molecule has 25 heavy (non-hydrogen) atoms. The topological polar surface area (TPSA) is 55.8 Å². The second-order valence-electron chi connectivity index (χ2n) is 6.69. The van der Waals surface area contributed by atoms with Gasteiger partial charge in [0.2, 0.25) is 0 Å². The highest BCUT2D eigenvalue weighted by Crippen LogP contribution is 2.25. The summed E-state index contributed by atoms with van der Waals surface area (Å²) in [6.07, 6.45) is 4.09. The van der Waals surface area contributed by atoms with E-state index in [4.69, 9.17) is 9.47 Å². The Kier molecular flexibility index (Phi) is 7.76. The Labute approximate surface area is 150 Å². The molecule has 1 saturated heterocycles. The average Bonchev–Trinajstić information content (AvgIpc) is 3.08. The Hall–Kier alpha value is -2.04. The molecular formula is C20H29NO4. The summed E-state index contributed by atoms with van der Waals surface area (Å²) in [6, 6.07) is 9.70. The molecule has 1 heterocycles. The van der Waals surface area contributed by atoms with Crippen LogP contribution in [-0.4, -0.2) is 36.2 Å². The molecule has 1 amide bonds. The van der Waals surface area contributed by atoms with Gasteiger partial charge in [-0.25, -0.2) is 4.79 Å². The molecule has 1 fully saturated rings. The lowest BCUT2D eigenvalue weighted by Crippen LogP contribution is -2.37. The van der Waals surface area contributed by atoms with Crippen molar-refractivity contribution in [1.29, 1.82) is 0 Å². The molecule has 0 N–H and O–H groups in total. The third-order valence-electron chi connectivity index (χ3n) is 4.59. The number of nitrogens with zero attached hydrogens (tertiary/aromatic N) is 1. The number of hydrogen-bond donors (Lipinski definition) is 0. The minimum absolute atomic E-state index is 0.0528. The van der Waals surface area contributed by atoms with Gasteiger partial charge in [-0.3, -0.25) is 4.79 Å². The van der Waals surface area contributed by atoms with Crippen LogP contribution in [0.15, 0.2) is 30.3 Å². The summed E-state index contributed by atoms with van der Waals surface area (Å²) in [6.45, 7) is 5.38. The molecule has 5 nitrogen and oxygen atoms in total. The lowest BCUT2D eigenvalue weighted by atomic mass is 10.0. The van der Waals surface area contributed by atoms with Crippen LogP contribution in [0.1, 0.15) is 51.5 Å². The molecule has 2 atom stereocenters. The van der Waals surface area contributed by atoms with Crippen LogP contribution in [0.2, 0.25) is 0 Å². The number of esters is 1. The largest absolute Gasteiger partial charge is 0.465 e. The molecule has 1 aliphatic rings. The maximum Gasteiger partial charge on any atom is 0.410 e. The molecule has 0 aliphatic carbocycles. The minimum atomic E-state index is -0.294. The second kappa shape index (κ2) is 10.1. The van der Waals surface area contributed by atoms with E-state index in [0.717, 1.165) is 31.2 Å². The second-order valence-corrected chi connectivity index (χ2v) is 6.69. The number of amides is 1. The van der Waals surface area contributed by atoms with Crippen molar-refractivity contribution in [2.24, 2.45) is 5.92 Å². The van der Waals surface area contributed by atoms with Crippen LogP contribution in [0.4, 0.5) is 4.79 Å². The fourth-order valence-corrected chi connectivity index (χ4v) is 3.09. The quantitative estimate of drug-likeness (QED) is 0.523. The number of carbonyl (C=O) groups is 2. The molecule has 0 spiro atoms. The first kappa shape index (κ1) is 19.3. The van der Waals surface area contributed by atoms with E-state index in [9.17, 15) is 9.59 Å². The number of hydrogen-bond acceptors (Lipinski definition) is 4. The maximum atomic E-state index is 12.4. The highest BCUT2D eigenvalue weighted by molar-refractivity contribution is 5.72. The smallest absolute Gasteiger partial charge is 0.410 e. The summed E-state index contributed by atoms with van der Waals surface area (Å²) >= 11 is 0. The first-order chi connectivity index (χ1) is 12.1. The molecule has 2 rings (SSSR count). The summed E-state index contributed by atoms with van der Waals surface area (Å²) in [5.74, 6) is -0.373. The Bertz CT molecular complexity index is 546. The molecule has 0 radical (unpaired) electrons. The van der Waals surface area contributed by atoms with Gasteiger partial charge in [-0.2, -0.15) is 0 Å². The Morgan fingerprint density at radius 1 is 1.24 bits per heavy atom. The molecule has 5 heteroatoms. The fraction of sp³-hybridized carbons (Fsp3) is 0.600. The Morgan fingerprint density at radius 2 is 2.00 bits per heavy atom. The summed E-state index contributed by atoms with van der Waals surface area (Å²) in [4.78, 5) is 26.2. The van der Waals surface area contributed by atoms with Gasteiger partial charge in [-0.1, -0.05) is 50.6 Å². The van der Waals surface area contributed by atoms with E-state index in [1.807, 2.05) is 37.3 Å². The SMILES string of the molecule is CCCCOC(=O)C(C)CC1CCCN1C(=O)OCc1ccccc1. The van der Waals surface area contributed by atoms with Crippen molar-refractivity contribution in [2.45, 2.75) is 58.6 Å². The van der Waals surface area contributed by atoms with Gasteiger partial charge < -0.3 is 14.4 Å². The van der Waals surface area contributed by atoms with Gasteiger partial charge in [0.1, 0.15) is 6.61 Å². The summed E-state index contributed by atoms with van der Waals surface area (Å²) in [5, 5.41) is 0. The van der Waals surface area contributed by atoms with Crippen LogP contribution in [-0.2, 0) is 20.9 Å². The zero-order valence-electron chi connectivity index (χ0n) is 15.3. The zero-order chi connectivity index (χ0) is 18.1. The fourth-order valence-electron chi connectivity index (χ4n) is 3.09. The predicted molar refractivity (Wildman–Crippen MR) is 96.0 cm³/mol. The molecular weight excluding hydrogens is 318 g/mol. The van der Waals surface area contributed by atoms with Gasteiger partial charge in [-0.05, 0) is 31.2 Å². The summed E-state index contributed by atoms with van der Waals surface area (Å²) in [5.41, 5.74) is 0.972. The van der Waals surface area contributed by atoms with Crippen LogP contribution < -0.4 is 0 Å². The molecule has 1 aromatic carbocycles. The van der Waals surface area contributed by atoms with Crippen LogP contribution in [0.5, 0.6) is 0 Å². The Balaban J connectivity index is 1.80. The lowest BCUT2D eigenvalue weighted by Gasteiger charge is -2.25. The molecule has 138 valence electrons. The number of ether oxygens (including phenoxy) is 2. The van der Waals surface area contributed by atoms with Crippen molar-refractivity contribution in [3.8, 4) is 0 Å². The van der Waals surface area contributed by atoms with Gasteiger partial charge in [0.05, 0.1) is 12.5 Å². The number of unbranched alkanes of at least 4 members (excludes halogenated alkanes) is 1. The predicted octanol–water partition coefficient (Wildman–Crippen LogP) is 4.16. The molecule has 1 aromatic rings. The third kappa shape index (κ3) is 6.07. The van der Waals surface area contributed by atoms with Gasteiger partial charge in [0.25, 0.3) is 0 Å². The van der Waals surface area contributed by atoms with Crippen molar-refractivity contribution >= 4 is 12.1 Å². The summed E-state index contributed by atoms with van der Waals surface area (Å²) in [7, 11) is 0. The van der Waals surface area contributed by atoms with Crippen LogP contribution in [0, 0.1) is 5.92 Å². The van der Waals surface area contributed by atoms with Crippen LogP contribution in [0.3, 0.4) is 0 Å². The van der Waals surface area contributed by atoms with E-state index in [2.05, 4.69) is 6.92 Å². The van der Waals surface area contributed by atoms with E-state index >= 15 is 0 Å². The number of likely N-dealkylation sites (tertiary alicyclic amines) is 1. The highest BCUT2D eigenvalue weighted by Gasteiger charge is 2.32. The van der Waals surface area contributed by atoms with E-state index in [1.54, 1.807) is 4.90 Å². The monoisotopic (exact) mass is 347 g/mol. The van der Waals surface area contributed by atoms with Crippen molar-refractivity contribution < 1.29 is 19.1 Å². The molecule has 0 aromatic heterocycles. The average molecular weight is 347 g/mol. The Morgan fingerprint density at radius 3 is 2.72 bits per heavy atom. The van der Waals surface area contributed by atoms with E-state index < -0.39 is 0 Å². The van der Waals surface area contributed by atoms with E-state index in [-0.39, 0.29) is 30.6 Å². The van der Waals surface area contributed by atoms with E-state index in [1.165, 1.54) is 0 Å². The van der Waals surface area contributed by atoms with Crippen LogP contribution in [0.25, 0.3) is 0 Å². The zero-order valence-corrected chi connectivity index (χ0v) is 15.3. The van der Waals surface area contributed by atoms with Crippen LogP contribution >= 0.6 is 0 Å². The van der Waals surface area contributed by atoms with Crippen molar-refractivity contribution in [3.05, 3.63) is 35.9 Å². The maximum absolute atomic E-state index is 12.4.